The standard InChI is InChI=1S/C22H22N2O4S/c1-2-27-15-8-6-14(7-9-15)20(25)12-28-22(26)19-13-29-21(24-19)17-4-3-5-18-16(17)10-11-23-18/h3-11,19,21,23-24H,2,12-13H2,1H3/t19-,21+/m0/s1. The number of hydrogen-bond donors (Lipinski definition) is 2. The molecule has 0 amide bonds. The summed E-state index contributed by atoms with van der Waals surface area (Å²) in [7, 11) is 0. The van der Waals surface area contributed by atoms with Gasteiger partial charge < -0.3 is 14.5 Å². The molecule has 0 unspecified atom stereocenters. The van der Waals surface area contributed by atoms with Crippen molar-refractivity contribution in [1.82, 2.24) is 10.3 Å². The average Bonchev–Trinajstić information content (AvgIpc) is 3.42. The quantitative estimate of drug-likeness (QED) is 0.457. The van der Waals surface area contributed by atoms with Crippen molar-refractivity contribution >= 4 is 34.4 Å². The topological polar surface area (TPSA) is 80.4 Å². The number of ketones is 1. The lowest BCUT2D eigenvalue weighted by atomic mass is 10.1. The first-order valence-corrected chi connectivity index (χ1v) is 10.6. The molecular formula is C22H22N2O4S. The normalized spacial score (nSPS) is 18.7. The second-order valence-corrected chi connectivity index (χ2v) is 7.85. The van der Waals surface area contributed by atoms with E-state index in [4.69, 9.17) is 9.47 Å². The third kappa shape index (κ3) is 4.31. The summed E-state index contributed by atoms with van der Waals surface area (Å²) in [6.07, 6.45) is 1.91. The molecule has 6 nitrogen and oxygen atoms in total. The first kappa shape index (κ1) is 19.5. The van der Waals surface area contributed by atoms with E-state index in [0.29, 0.717) is 23.7 Å². The molecule has 0 bridgehead atoms. The zero-order valence-electron chi connectivity index (χ0n) is 16.0. The number of hydrogen-bond acceptors (Lipinski definition) is 6. The first-order valence-electron chi connectivity index (χ1n) is 9.52. The summed E-state index contributed by atoms with van der Waals surface area (Å²) in [5.41, 5.74) is 2.69. The maximum atomic E-state index is 12.4. The van der Waals surface area contributed by atoms with Crippen LogP contribution in [0.2, 0.25) is 0 Å². The highest BCUT2D eigenvalue weighted by molar-refractivity contribution is 7.99. The number of H-pyrrole nitrogens is 1. The molecule has 1 aromatic heterocycles. The van der Waals surface area contributed by atoms with Crippen LogP contribution in [0.5, 0.6) is 5.75 Å². The number of esters is 1. The van der Waals surface area contributed by atoms with Crippen LogP contribution in [0.25, 0.3) is 10.9 Å². The van der Waals surface area contributed by atoms with Gasteiger partial charge in [-0.15, -0.1) is 11.8 Å². The summed E-state index contributed by atoms with van der Waals surface area (Å²) < 4.78 is 10.6. The van der Waals surface area contributed by atoms with Gasteiger partial charge in [0.15, 0.2) is 12.4 Å². The highest BCUT2D eigenvalue weighted by Crippen LogP contribution is 2.36. The van der Waals surface area contributed by atoms with E-state index in [1.165, 1.54) is 0 Å². The lowest BCUT2D eigenvalue weighted by Gasteiger charge is -2.14. The second-order valence-electron chi connectivity index (χ2n) is 6.71. The van der Waals surface area contributed by atoms with E-state index in [9.17, 15) is 9.59 Å². The molecule has 4 rings (SSSR count). The van der Waals surface area contributed by atoms with E-state index in [0.717, 1.165) is 16.5 Å². The van der Waals surface area contributed by atoms with Gasteiger partial charge in [-0.25, -0.2) is 0 Å². The minimum atomic E-state index is -0.438. The van der Waals surface area contributed by atoms with Crippen LogP contribution in [0, 0.1) is 0 Å². The Morgan fingerprint density at radius 3 is 2.76 bits per heavy atom. The number of Topliss-reactive ketones (excluding diaryl/α,β-unsaturated/α-hetero) is 1. The van der Waals surface area contributed by atoms with E-state index in [2.05, 4.69) is 16.4 Å². The van der Waals surface area contributed by atoms with Crippen LogP contribution < -0.4 is 10.1 Å². The molecule has 0 radical (unpaired) electrons. The molecule has 0 saturated carbocycles. The Labute approximate surface area is 173 Å². The van der Waals surface area contributed by atoms with Crippen molar-refractivity contribution < 1.29 is 19.1 Å². The van der Waals surface area contributed by atoms with Crippen LogP contribution in [0.4, 0.5) is 0 Å². The minimum Gasteiger partial charge on any atom is -0.494 e. The Bertz CT molecular complexity index is 1020. The third-order valence-corrected chi connectivity index (χ3v) is 6.06. The largest absolute Gasteiger partial charge is 0.494 e. The number of nitrogens with one attached hydrogen (secondary N) is 2. The Morgan fingerprint density at radius 2 is 1.97 bits per heavy atom. The van der Waals surface area contributed by atoms with Crippen molar-refractivity contribution in [2.75, 3.05) is 19.0 Å². The highest BCUT2D eigenvalue weighted by Gasteiger charge is 2.32. The van der Waals surface area contributed by atoms with Crippen molar-refractivity contribution in [3.63, 3.8) is 0 Å². The molecule has 2 aromatic carbocycles. The third-order valence-electron chi connectivity index (χ3n) is 4.81. The molecule has 0 aliphatic carbocycles. The van der Waals surface area contributed by atoms with Gasteiger partial charge >= 0.3 is 5.97 Å². The number of carbonyl (C=O) groups is 2. The lowest BCUT2D eigenvalue weighted by molar-refractivity contribution is -0.144. The van der Waals surface area contributed by atoms with Gasteiger partial charge in [-0.05, 0) is 48.9 Å². The molecule has 3 aromatic rings. The Morgan fingerprint density at radius 1 is 1.14 bits per heavy atom. The molecule has 1 fully saturated rings. The van der Waals surface area contributed by atoms with E-state index < -0.39 is 12.0 Å². The maximum absolute atomic E-state index is 12.4. The summed E-state index contributed by atoms with van der Waals surface area (Å²) in [4.78, 5) is 27.9. The number of aromatic amines is 1. The summed E-state index contributed by atoms with van der Waals surface area (Å²) in [5.74, 6) is 0.666. The van der Waals surface area contributed by atoms with Gasteiger partial charge in [0.2, 0.25) is 0 Å². The molecule has 7 heteroatoms. The van der Waals surface area contributed by atoms with Gasteiger partial charge in [0.25, 0.3) is 0 Å². The van der Waals surface area contributed by atoms with E-state index in [-0.39, 0.29) is 17.8 Å². The smallest absolute Gasteiger partial charge is 0.324 e. The molecule has 1 aliphatic heterocycles. The predicted octanol–water partition coefficient (Wildman–Crippen LogP) is 3.70. The molecule has 2 N–H and O–H groups in total. The lowest BCUT2D eigenvalue weighted by Crippen LogP contribution is -2.36. The molecular weight excluding hydrogens is 388 g/mol. The van der Waals surface area contributed by atoms with Gasteiger partial charge in [0.1, 0.15) is 11.8 Å². The van der Waals surface area contributed by atoms with Gasteiger partial charge in [0, 0.05) is 28.4 Å². The molecule has 1 saturated heterocycles. The van der Waals surface area contributed by atoms with Gasteiger partial charge in [0.05, 0.1) is 12.0 Å². The van der Waals surface area contributed by atoms with Crippen molar-refractivity contribution in [2.45, 2.75) is 18.3 Å². The number of aromatic nitrogens is 1. The fourth-order valence-corrected chi connectivity index (χ4v) is 4.61. The number of rotatable bonds is 7. The molecule has 29 heavy (non-hydrogen) atoms. The molecule has 150 valence electrons. The Kier molecular flexibility index (Phi) is 5.87. The zero-order valence-corrected chi connectivity index (χ0v) is 16.8. The van der Waals surface area contributed by atoms with Crippen LogP contribution in [0.3, 0.4) is 0 Å². The van der Waals surface area contributed by atoms with Crippen LogP contribution in [-0.2, 0) is 9.53 Å². The zero-order chi connectivity index (χ0) is 20.2. The number of carbonyl (C=O) groups excluding carboxylic acids is 2. The van der Waals surface area contributed by atoms with E-state index in [1.807, 2.05) is 31.3 Å². The van der Waals surface area contributed by atoms with E-state index >= 15 is 0 Å². The van der Waals surface area contributed by atoms with Crippen LogP contribution in [0.1, 0.15) is 28.2 Å². The van der Waals surface area contributed by atoms with Crippen molar-refractivity contribution in [3.05, 3.63) is 65.9 Å². The summed E-state index contributed by atoms with van der Waals surface area (Å²) in [6.45, 7) is 2.20. The highest BCUT2D eigenvalue weighted by atomic mass is 32.2. The van der Waals surface area contributed by atoms with Gasteiger partial charge in [-0.2, -0.15) is 0 Å². The summed E-state index contributed by atoms with van der Waals surface area (Å²) in [5, 5.41) is 4.47. The molecule has 0 spiro atoms. The summed E-state index contributed by atoms with van der Waals surface area (Å²) in [6, 6.07) is 14.5. The minimum absolute atomic E-state index is 0.00821. The first-order chi connectivity index (χ1) is 14.2. The number of thioether (sulfide) groups is 1. The molecule has 2 heterocycles. The van der Waals surface area contributed by atoms with Crippen molar-refractivity contribution in [1.29, 1.82) is 0 Å². The number of ether oxygens (including phenoxy) is 2. The monoisotopic (exact) mass is 410 g/mol. The van der Waals surface area contributed by atoms with E-state index in [1.54, 1.807) is 36.0 Å². The van der Waals surface area contributed by atoms with Gasteiger partial charge in [-0.1, -0.05) is 12.1 Å². The number of fused-ring (bicyclic) bond motifs is 1. The average molecular weight is 410 g/mol. The molecule has 2 atom stereocenters. The second kappa shape index (κ2) is 8.71. The Hall–Kier alpha value is -2.77. The Balaban J connectivity index is 1.32. The fraction of sp³-hybridized carbons (Fsp3) is 0.273. The van der Waals surface area contributed by atoms with Crippen molar-refractivity contribution in [3.8, 4) is 5.75 Å². The summed E-state index contributed by atoms with van der Waals surface area (Å²) >= 11 is 1.66. The van der Waals surface area contributed by atoms with Crippen molar-refractivity contribution in [2.24, 2.45) is 0 Å². The molecule has 1 aliphatic rings. The van der Waals surface area contributed by atoms with Gasteiger partial charge in [-0.3, -0.25) is 14.9 Å². The predicted molar refractivity (Wildman–Crippen MR) is 113 cm³/mol. The van der Waals surface area contributed by atoms with Crippen LogP contribution >= 0.6 is 11.8 Å². The number of benzene rings is 2. The van der Waals surface area contributed by atoms with Crippen LogP contribution in [-0.4, -0.2) is 41.7 Å². The fourth-order valence-electron chi connectivity index (χ4n) is 3.35. The van der Waals surface area contributed by atoms with Crippen LogP contribution in [0.15, 0.2) is 54.7 Å². The SMILES string of the molecule is CCOc1ccc(C(=O)COC(=O)[C@@H]2CS[C@H](c3cccc4[nH]ccc34)N2)cc1. The maximum Gasteiger partial charge on any atom is 0.324 e.